The second kappa shape index (κ2) is 8.19. The zero-order chi connectivity index (χ0) is 14.6. The van der Waals surface area contributed by atoms with Gasteiger partial charge in [-0.3, -0.25) is 0 Å². The van der Waals surface area contributed by atoms with Crippen LogP contribution >= 0.6 is 45.2 Å². The summed E-state index contributed by atoms with van der Waals surface area (Å²) in [6.45, 7) is 12.3. The van der Waals surface area contributed by atoms with Gasteiger partial charge in [-0.15, -0.1) is 0 Å². The lowest BCUT2D eigenvalue weighted by Crippen LogP contribution is -2.50. The molecule has 19 heavy (non-hydrogen) atoms. The molecule has 1 aliphatic rings. The van der Waals surface area contributed by atoms with Crippen molar-refractivity contribution in [1.82, 2.24) is 0 Å². The Bertz CT molecular complexity index is 252. The molecule has 0 aromatic heterocycles. The molecule has 0 aliphatic heterocycles. The van der Waals surface area contributed by atoms with Crippen molar-refractivity contribution >= 4 is 45.2 Å². The molecule has 1 saturated carbocycles. The van der Waals surface area contributed by atoms with Crippen molar-refractivity contribution in [2.24, 2.45) is 29.1 Å². The molecule has 0 heterocycles. The fourth-order valence-corrected chi connectivity index (χ4v) is 6.60. The number of halogens is 2. The lowest BCUT2D eigenvalue weighted by Gasteiger charge is -2.55. The molecule has 2 heteroatoms. The topological polar surface area (TPSA) is 0 Å². The van der Waals surface area contributed by atoms with Crippen LogP contribution in [0.4, 0.5) is 0 Å². The third-order valence-corrected chi connectivity index (χ3v) is 9.00. The minimum atomic E-state index is 0.590. The van der Waals surface area contributed by atoms with Crippen molar-refractivity contribution in [3.05, 3.63) is 0 Å². The second-order valence-electron chi connectivity index (χ2n) is 6.95. The molecular weight excluding hydrogens is 458 g/mol. The van der Waals surface area contributed by atoms with Gasteiger partial charge in [-0.25, -0.2) is 0 Å². The number of hydrogen-bond acceptors (Lipinski definition) is 0. The quantitative estimate of drug-likeness (QED) is 0.286. The highest BCUT2D eigenvalue weighted by Gasteiger charge is 2.50. The van der Waals surface area contributed by atoms with Gasteiger partial charge in [-0.1, -0.05) is 86.2 Å². The molecule has 0 aromatic carbocycles. The van der Waals surface area contributed by atoms with Gasteiger partial charge in [-0.2, -0.15) is 0 Å². The second-order valence-corrected chi connectivity index (χ2v) is 9.33. The molecule has 1 rings (SSSR count). The Balaban J connectivity index is 3.16. The maximum Gasteiger partial charge on any atom is 0.0169 e. The molecule has 114 valence electrons. The largest absolute Gasteiger partial charge is 0.0861 e. The SMILES string of the molecule is CCC(C)C1(C(I)CC)CC(CI)CCC1C(C)C. The lowest BCUT2D eigenvalue weighted by molar-refractivity contribution is -0.0151. The van der Waals surface area contributed by atoms with Gasteiger partial charge in [-0.05, 0) is 54.8 Å². The first-order chi connectivity index (χ1) is 8.93. The van der Waals surface area contributed by atoms with Crippen LogP contribution in [-0.2, 0) is 0 Å². The maximum atomic E-state index is 2.79. The Morgan fingerprint density at radius 1 is 1.11 bits per heavy atom. The van der Waals surface area contributed by atoms with Crippen LogP contribution in [0.1, 0.15) is 66.7 Å². The van der Waals surface area contributed by atoms with Crippen LogP contribution in [-0.4, -0.2) is 8.35 Å². The lowest BCUT2D eigenvalue weighted by atomic mass is 9.53. The predicted octanol–water partition coefficient (Wildman–Crippen LogP) is 6.74. The minimum Gasteiger partial charge on any atom is -0.0861 e. The van der Waals surface area contributed by atoms with Crippen molar-refractivity contribution in [3.63, 3.8) is 0 Å². The number of alkyl halides is 2. The molecular formula is C17H32I2. The molecule has 0 radical (unpaired) electrons. The molecule has 0 nitrogen and oxygen atoms in total. The van der Waals surface area contributed by atoms with Crippen LogP contribution in [0.15, 0.2) is 0 Å². The molecule has 0 spiro atoms. The monoisotopic (exact) mass is 490 g/mol. The van der Waals surface area contributed by atoms with Crippen molar-refractivity contribution in [1.29, 1.82) is 0 Å². The third kappa shape index (κ3) is 3.81. The van der Waals surface area contributed by atoms with Gasteiger partial charge in [0.2, 0.25) is 0 Å². The Hall–Kier alpha value is 1.46. The highest BCUT2D eigenvalue weighted by Crippen LogP contribution is 2.57. The van der Waals surface area contributed by atoms with E-state index in [2.05, 4.69) is 79.8 Å². The van der Waals surface area contributed by atoms with Gasteiger partial charge in [0.15, 0.2) is 0 Å². The maximum absolute atomic E-state index is 2.79. The fourth-order valence-electron chi connectivity index (χ4n) is 4.52. The molecule has 0 aromatic rings. The van der Waals surface area contributed by atoms with E-state index in [1.165, 1.54) is 36.5 Å². The summed E-state index contributed by atoms with van der Waals surface area (Å²) in [6, 6.07) is 0. The fraction of sp³-hybridized carbons (Fsp3) is 1.00. The number of hydrogen-bond donors (Lipinski definition) is 0. The smallest absolute Gasteiger partial charge is 0.0169 e. The Morgan fingerprint density at radius 2 is 1.74 bits per heavy atom. The predicted molar refractivity (Wildman–Crippen MR) is 105 cm³/mol. The van der Waals surface area contributed by atoms with Gasteiger partial charge in [0.05, 0.1) is 0 Å². The zero-order valence-electron chi connectivity index (χ0n) is 13.4. The molecule has 1 fully saturated rings. The van der Waals surface area contributed by atoms with Gasteiger partial charge < -0.3 is 0 Å². The summed E-state index contributed by atoms with van der Waals surface area (Å²) in [6.07, 6.45) is 7.10. The first kappa shape index (κ1) is 18.5. The van der Waals surface area contributed by atoms with E-state index in [-0.39, 0.29) is 0 Å². The van der Waals surface area contributed by atoms with E-state index >= 15 is 0 Å². The van der Waals surface area contributed by atoms with Crippen LogP contribution in [0.3, 0.4) is 0 Å². The summed E-state index contributed by atoms with van der Waals surface area (Å²) < 4.78 is 2.20. The van der Waals surface area contributed by atoms with Crippen LogP contribution in [0.5, 0.6) is 0 Å². The molecule has 0 N–H and O–H groups in total. The molecule has 0 amide bonds. The summed E-state index contributed by atoms with van der Waals surface area (Å²) in [5.41, 5.74) is 0.590. The minimum absolute atomic E-state index is 0.590. The van der Waals surface area contributed by atoms with Crippen LogP contribution < -0.4 is 0 Å². The normalized spacial score (nSPS) is 35.4. The molecule has 0 bridgehead atoms. The highest BCUT2D eigenvalue weighted by molar-refractivity contribution is 14.1. The summed E-state index contributed by atoms with van der Waals surface area (Å²) in [7, 11) is 0. The summed E-state index contributed by atoms with van der Waals surface area (Å²) >= 11 is 5.40. The zero-order valence-corrected chi connectivity index (χ0v) is 17.7. The Morgan fingerprint density at radius 3 is 2.16 bits per heavy atom. The Kier molecular flexibility index (Phi) is 7.98. The van der Waals surface area contributed by atoms with Crippen molar-refractivity contribution < 1.29 is 0 Å². The average Bonchev–Trinajstić information content (AvgIpc) is 2.44. The van der Waals surface area contributed by atoms with E-state index in [1.807, 2.05) is 0 Å². The van der Waals surface area contributed by atoms with E-state index in [0.717, 1.165) is 27.6 Å². The van der Waals surface area contributed by atoms with E-state index in [4.69, 9.17) is 0 Å². The molecule has 1 aliphatic carbocycles. The van der Waals surface area contributed by atoms with Gasteiger partial charge in [0.1, 0.15) is 0 Å². The van der Waals surface area contributed by atoms with Crippen LogP contribution in [0.25, 0.3) is 0 Å². The third-order valence-electron chi connectivity index (χ3n) is 5.71. The van der Waals surface area contributed by atoms with Gasteiger partial charge in [0.25, 0.3) is 0 Å². The van der Waals surface area contributed by atoms with E-state index in [0.29, 0.717) is 5.41 Å². The first-order valence-corrected chi connectivity index (χ1v) is 10.9. The van der Waals surface area contributed by atoms with Gasteiger partial charge in [0, 0.05) is 8.35 Å². The standard InChI is InChI=1S/C17H32I2/c1-6-13(5)17(16(19)7-2)10-14(11-18)8-9-15(17)12(3)4/h12-16H,6-11H2,1-5H3. The van der Waals surface area contributed by atoms with Crippen molar-refractivity contribution in [2.75, 3.05) is 4.43 Å². The molecule has 0 saturated heterocycles. The molecule has 5 unspecified atom stereocenters. The van der Waals surface area contributed by atoms with E-state index in [1.54, 1.807) is 0 Å². The average molecular weight is 490 g/mol. The summed E-state index contributed by atoms with van der Waals surface area (Å²) in [5.74, 6) is 3.61. The number of rotatable bonds is 6. The summed E-state index contributed by atoms with van der Waals surface area (Å²) in [5, 5.41) is 0. The highest BCUT2D eigenvalue weighted by atomic mass is 127. The van der Waals surface area contributed by atoms with Crippen molar-refractivity contribution in [2.45, 2.75) is 70.6 Å². The molecule has 5 atom stereocenters. The van der Waals surface area contributed by atoms with Crippen LogP contribution in [0, 0.1) is 29.1 Å². The first-order valence-electron chi connectivity index (χ1n) is 8.13. The van der Waals surface area contributed by atoms with Gasteiger partial charge >= 0.3 is 0 Å². The van der Waals surface area contributed by atoms with E-state index < -0.39 is 0 Å². The van der Waals surface area contributed by atoms with Crippen LogP contribution in [0.2, 0.25) is 0 Å². The summed E-state index contributed by atoms with van der Waals surface area (Å²) in [4.78, 5) is 0. The van der Waals surface area contributed by atoms with E-state index in [9.17, 15) is 0 Å². The Labute approximate surface area is 148 Å². The van der Waals surface area contributed by atoms with Crippen molar-refractivity contribution in [3.8, 4) is 0 Å².